The first-order valence-corrected chi connectivity index (χ1v) is 6.94. The highest BCUT2D eigenvalue weighted by molar-refractivity contribution is 7.12. The summed E-state index contributed by atoms with van der Waals surface area (Å²) in [6.07, 6.45) is 0. The van der Waals surface area contributed by atoms with Gasteiger partial charge < -0.3 is 14.5 Å². The smallest absolute Gasteiger partial charge is 0.348 e. The van der Waals surface area contributed by atoms with Gasteiger partial charge in [-0.1, -0.05) is 0 Å². The lowest BCUT2D eigenvalue weighted by Gasteiger charge is -2.11. The van der Waals surface area contributed by atoms with Crippen LogP contribution in [0.3, 0.4) is 0 Å². The van der Waals surface area contributed by atoms with Crippen molar-refractivity contribution in [1.82, 2.24) is 5.32 Å². The molecule has 19 heavy (non-hydrogen) atoms. The Balaban J connectivity index is 1.99. The Labute approximate surface area is 116 Å². The normalized spacial score (nSPS) is 12.4. The molecule has 0 radical (unpaired) electrons. The van der Waals surface area contributed by atoms with Crippen molar-refractivity contribution < 1.29 is 13.9 Å². The Morgan fingerprint density at radius 3 is 2.89 bits per heavy atom. The van der Waals surface area contributed by atoms with Gasteiger partial charge in [0.1, 0.15) is 16.4 Å². The number of nitrogens with one attached hydrogen (secondary N) is 1. The zero-order chi connectivity index (χ0) is 13.8. The number of carbonyl (C=O) groups excluding carboxylic acids is 1. The van der Waals surface area contributed by atoms with Gasteiger partial charge in [0.15, 0.2) is 0 Å². The van der Waals surface area contributed by atoms with E-state index in [1.54, 1.807) is 0 Å². The highest BCUT2D eigenvalue weighted by Gasteiger charge is 2.15. The topological polar surface area (TPSA) is 51.5 Å². The van der Waals surface area contributed by atoms with E-state index in [0.717, 1.165) is 17.1 Å². The van der Waals surface area contributed by atoms with Crippen LogP contribution in [0.4, 0.5) is 0 Å². The van der Waals surface area contributed by atoms with Crippen molar-refractivity contribution in [3.05, 3.63) is 45.5 Å². The zero-order valence-corrected chi connectivity index (χ0v) is 12.0. The quantitative estimate of drug-likeness (QED) is 0.853. The number of hydrogen-bond donors (Lipinski definition) is 1. The van der Waals surface area contributed by atoms with Crippen LogP contribution in [0, 0.1) is 6.92 Å². The van der Waals surface area contributed by atoms with E-state index in [4.69, 9.17) is 9.15 Å². The third-order valence-electron chi connectivity index (χ3n) is 2.90. The lowest BCUT2D eigenvalue weighted by Crippen LogP contribution is -2.18. The minimum atomic E-state index is -0.284. The van der Waals surface area contributed by atoms with Crippen LogP contribution in [0.15, 0.2) is 28.0 Å². The molecule has 4 nitrogen and oxygen atoms in total. The van der Waals surface area contributed by atoms with Crippen LogP contribution in [0.1, 0.15) is 39.7 Å². The first-order valence-electron chi connectivity index (χ1n) is 6.06. The Kier molecular flexibility index (Phi) is 4.39. The summed E-state index contributed by atoms with van der Waals surface area (Å²) in [6, 6.07) is 5.93. The van der Waals surface area contributed by atoms with Gasteiger partial charge in [-0.2, -0.15) is 0 Å². The standard InChI is InChI=1S/C14H17NO3S/c1-9-4-5-12(18-9)10(2)15-8-11-6-7-19-13(11)14(16)17-3/h4-7,10,15H,8H2,1-3H3/t10-/m0/s1. The van der Waals surface area contributed by atoms with Gasteiger partial charge in [-0.05, 0) is 43.0 Å². The summed E-state index contributed by atoms with van der Waals surface area (Å²) in [5.41, 5.74) is 0.951. The highest BCUT2D eigenvalue weighted by Crippen LogP contribution is 2.20. The molecule has 0 bridgehead atoms. The second-order valence-electron chi connectivity index (χ2n) is 4.32. The van der Waals surface area contributed by atoms with Crippen molar-refractivity contribution in [2.45, 2.75) is 26.4 Å². The van der Waals surface area contributed by atoms with Crippen LogP contribution in [-0.2, 0) is 11.3 Å². The molecule has 102 valence electrons. The highest BCUT2D eigenvalue weighted by atomic mass is 32.1. The van der Waals surface area contributed by atoms with E-state index in [1.165, 1.54) is 18.4 Å². The second kappa shape index (κ2) is 6.04. The Bertz CT molecular complexity index is 559. The van der Waals surface area contributed by atoms with Gasteiger partial charge in [0, 0.05) is 6.54 Å². The van der Waals surface area contributed by atoms with E-state index in [9.17, 15) is 4.79 Å². The van der Waals surface area contributed by atoms with Crippen molar-refractivity contribution in [3.8, 4) is 0 Å². The fourth-order valence-electron chi connectivity index (χ4n) is 1.80. The Morgan fingerprint density at radius 1 is 1.47 bits per heavy atom. The van der Waals surface area contributed by atoms with E-state index in [2.05, 4.69) is 5.32 Å². The Morgan fingerprint density at radius 2 is 2.26 bits per heavy atom. The van der Waals surface area contributed by atoms with Gasteiger partial charge in [0.05, 0.1) is 13.2 Å². The van der Waals surface area contributed by atoms with Crippen molar-refractivity contribution in [1.29, 1.82) is 0 Å². The van der Waals surface area contributed by atoms with Crippen LogP contribution in [0.25, 0.3) is 0 Å². The molecule has 0 saturated heterocycles. The van der Waals surface area contributed by atoms with E-state index in [-0.39, 0.29) is 12.0 Å². The second-order valence-corrected chi connectivity index (χ2v) is 5.23. The summed E-state index contributed by atoms with van der Waals surface area (Å²) in [7, 11) is 1.40. The van der Waals surface area contributed by atoms with E-state index >= 15 is 0 Å². The SMILES string of the molecule is COC(=O)c1sccc1CN[C@@H](C)c1ccc(C)o1. The van der Waals surface area contributed by atoms with Crippen LogP contribution >= 0.6 is 11.3 Å². The minimum Gasteiger partial charge on any atom is -0.465 e. The molecule has 1 atom stereocenters. The summed E-state index contributed by atoms with van der Waals surface area (Å²) in [4.78, 5) is 12.2. The van der Waals surface area contributed by atoms with Crippen LogP contribution < -0.4 is 5.32 Å². The minimum absolute atomic E-state index is 0.0964. The molecule has 5 heteroatoms. The average Bonchev–Trinajstić information content (AvgIpc) is 3.03. The zero-order valence-electron chi connectivity index (χ0n) is 11.2. The number of esters is 1. The van der Waals surface area contributed by atoms with E-state index < -0.39 is 0 Å². The van der Waals surface area contributed by atoms with Crippen molar-refractivity contribution in [3.63, 3.8) is 0 Å². The van der Waals surface area contributed by atoms with E-state index in [1.807, 2.05) is 37.4 Å². The number of carbonyl (C=O) groups is 1. The Hall–Kier alpha value is -1.59. The van der Waals surface area contributed by atoms with Crippen molar-refractivity contribution in [2.75, 3.05) is 7.11 Å². The van der Waals surface area contributed by atoms with Gasteiger partial charge in [0.2, 0.25) is 0 Å². The van der Waals surface area contributed by atoms with Crippen molar-refractivity contribution >= 4 is 17.3 Å². The molecule has 0 amide bonds. The largest absolute Gasteiger partial charge is 0.465 e. The molecule has 1 N–H and O–H groups in total. The van der Waals surface area contributed by atoms with Crippen LogP contribution in [0.2, 0.25) is 0 Å². The number of ether oxygens (including phenoxy) is 1. The maximum absolute atomic E-state index is 11.6. The van der Waals surface area contributed by atoms with Gasteiger partial charge in [0.25, 0.3) is 0 Å². The fourth-order valence-corrected chi connectivity index (χ4v) is 2.64. The van der Waals surface area contributed by atoms with Crippen molar-refractivity contribution in [2.24, 2.45) is 0 Å². The van der Waals surface area contributed by atoms with E-state index in [0.29, 0.717) is 11.4 Å². The average molecular weight is 279 g/mol. The first kappa shape index (κ1) is 13.8. The maximum atomic E-state index is 11.6. The molecule has 0 spiro atoms. The summed E-state index contributed by atoms with van der Waals surface area (Å²) < 4.78 is 10.3. The number of methoxy groups -OCH3 is 1. The third-order valence-corrected chi connectivity index (χ3v) is 3.84. The van der Waals surface area contributed by atoms with Crippen LogP contribution in [0.5, 0.6) is 0 Å². The molecule has 0 aliphatic heterocycles. The van der Waals surface area contributed by atoms with Gasteiger partial charge in [-0.25, -0.2) is 4.79 Å². The van der Waals surface area contributed by atoms with Gasteiger partial charge >= 0.3 is 5.97 Å². The third kappa shape index (κ3) is 3.24. The fraction of sp³-hybridized carbons (Fsp3) is 0.357. The molecular formula is C14H17NO3S. The molecule has 2 aromatic heterocycles. The molecule has 2 rings (SSSR count). The molecule has 0 aliphatic rings. The lowest BCUT2D eigenvalue weighted by molar-refractivity contribution is 0.0605. The van der Waals surface area contributed by atoms with Gasteiger partial charge in [-0.3, -0.25) is 0 Å². The predicted octanol–water partition coefficient (Wildman–Crippen LogP) is 3.29. The summed E-state index contributed by atoms with van der Waals surface area (Å²) in [5, 5.41) is 5.23. The number of rotatable bonds is 5. The summed E-state index contributed by atoms with van der Waals surface area (Å²) >= 11 is 1.40. The molecule has 0 unspecified atom stereocenters. The lowest BCUT2D eigenvalue weighted by atomic mass is 10.2. The van der Waals surface area contributed by atoms with Gasteiger partial charge in [-0.15, -0.1) is 11.3 Å². The maximum Gasteiger partial charge on any atom is 0.348 e. The molecule has 2 heterocycles. The summed E-state index contributed by atoms with van der Waals surface area (Å²) in [6.45, 7) is 4.56. The van der Waals surface area contributed by atoms with Crippen LogP contribution in [-0.4, -0.2) is 13.1 Å². The molecule has 0 aromatic carbocycles. The molecule has 0 aliphatic carbocycles. The molecule has 0 fully saturated rings. The monoisotopic (exact) mass is 279 g/mol. The molecule has 2 aromatic rings. The predicted molar refractivity (Wildman–Crippen MR) is 74.4 cm³/mol. The summed E-state index contributed by atoms with van der Waals surface area (Å²) in [5.74, 6) is 1.51. The number of hydrogen-bond acceptors (Lipinski definition) is 5. The number of aryl methyl sites for hydroxylation is 1. The molecule has 0 saturated carbocycles. The number of furan rings is 1. The number of thiophene rings is 1. The first-order chi connectivity index (χ1) is 9.11. The molecular weight excluding hydrogens is 262 g/mol.